The number of carbonyl (C=O) groups is 1. The van der Waals surface area contributed by atoms with Gasteiger partial charge in [-0.2, -0.15) is 5.10 Å². The van der Waals surface area contributed by atoms with E-state index in [1.165, 1.54) is 0 Å². The van der Waals surface area contributed by atoms with Crippen molar-refractivity contribution in [3.8, 4) is 11.1 Å². The Labute approximate surface area is 138 Å². The lowest BCUT2D eigenvalue weighted by molar-refractivity contribution is -0.139. The van der Waals surface area contributed by atoms with E-state index < -0.39 is 6.10 Å². The summed E-state index contributed by atoms with van der Waals surface area (Å²) in [5, 5.41) is 5.04. The maximum atomic E-state index is 11.8. The Balaban J connectivity index is 2.16. The number of carbonyl (C=O) groups excluding carboxylic acids is 1. The molecule has 0 radical (unpaired) electrons. The molecule has 2 aromatic rings. The molecule has 0 aliphatic carbocycles. The van der Waals surface area contributed by atoms with Crippen LogP contribution in [0.5, 0.6) is 0 Å². The van der Waals surface area contributed by atoms with Gasteiger partial charge < -0.3 is 4.74 Å². The molecule has 1 saturated heterocycles. The number of nitrogens with zero attached hydrogens (tertiary/aromatic N) is 2. The van der Waals surface area contributed by atoms with Gasteiger partial charge in [0.15, 0.2) is 0 Å². The molecule has 1 fully saturated rings. The highest BCUT2D eigenvalue weighted by molar-refractivity contribution is 6.42. The largest absolute Gasteiger partial charge is 0.453 e. The zero-order valence-electron chi connectivity index (χ0n) is 12.1. The van der Waals surface area contributed by atoms with Crippen molar-refractivity contribution in [2.75, 3.05) is 0 Å². The Morgan fingerprint density at radius 2 is 2.00 bits per heavy atom. The van der Waals surface area contributed by atoms with Crippen LogP contribution in [0.25, 0.3) is 11.1 Å². The fourth-order valence-corrected chi connectivity index (χ4v) is 2.94. The molecular formula is C16H14Cl2N2O2. The van der Waals surface area contributed by atoms with Crippen molar-refractivity contribution in [3.63, 3.8) is 0 Å². The van der Waals surface area contributed by atoms with Gasteiger partial charge in [0.25, 0.3) is 0 Å². The summed E-state index contributed by atoms with van der Waals surface area (Å²) in [6, 6.07) is 3.52. The highest BCUT2D eigenvalue weighted by Crippen LogP contribution is 2.44. The van der Waals surface area contributed by atoms with E-state index in [9.17, 15) is 4.79 Å². The molecule has 0 saturated carbocycles. The maximum absolute atomic E-state index is 11.8. The van der Waals surface area contributed by atoms with Gasteiger partial charge in [-0.15, -0.1) is 0 Å². The van der Waals surface area contributed by atoms with Gasteiger partial charge in [-0.1, -0.05) is 36.7 Å². The first-order valence-electron chi connectivity index (χ1n) is 6.76. The highest BCUT2D eigenvalue weighted by atomic mass is 35.5. The zero-order chi connectivity index (χ0) is 16.0. The number of hydrogen-bond acceptors (Lipinski definition) is 3. The van der Waals surface area contributed by atoms with Crippen molar-refractivity contribution in [2.45, 2.75) is 13.0 Å². The van der Waals surface area contributed by atoms with E-state index in [2.05, 4.69) is 11.7 Å². The Morgan fingerprint density at radius 3 is 2.55 bits per heavy atom. The van der Waals surface area contributed by atoms with Crippen LogP contribution in [0, 0.1) is 5.92 Å². The number of ether oxygens (including phenoxy) is 1. The van der Waals surface area contributed by atoms with Gasteiger partial charge in [-0.3, -0.25) is 4.68 Å². The van der Waals surface area contributed by atoms with E-state index in [1.54, 1.807) is 23.0 Å². The number of aromatic nitrogens is 2. The van der Waals surface area contributed by atoms with E-state index in [1.807, 2.05) is 20.2 Å². The molecule has 114 valence electrons. The van der Waals surface area contributed by atoms with Crippen LogP contribution < -0.4 is 0 Å². The Kier molecular flexibility index (Phi) is 3.75. The monoisotopic (exact) mass is 336 g/mol. The zero-order valence-corrected chi connectivity index (χ0v) is 13.6. The summed E-state index contributed by atoms with van der Waals surface area (Å²) in [6.45, 7) is 5.70. The SMILES string of the molecule is C=C1C(=O)O[C@@H](c2cc(Cl)c(Cl)cc2-c2cnn(C)c2)[C@@H]1C. The lowest BCUT2D eigenvalue weighted by atomic mass is 9.89. The van der Waals surface area contributed by atoms with E-state index in [4.69, 9.17) is 27.9 Å². The van der Waals surface area contributed by atoms with E-state index in [-0.39, 0.29) is 11.9 Å². The topological polar surface area (TPSA) is 44.1 Å². The second-order valence-corrected chi connectivity index (χ2v) is 6.21. The minimum Gasteiger partial charge on any atom is -0.453 e. The quantitative estimate of drug-likeness (QED) is 0.610. The van der Waals surface area contributed by atoms with Crippen LogP contribution in [-0.4, -0.2) is 15.7 Å². The smallest absolute Gasteiger partial charge is 0.334 e. The summed E-state index contributed by atoms with van der Waals surface area (Å²) in [6.07, 6.45) is 3.18. The minimum absolute atomic E-state index is 0.125. The molecule has 1 aliphatic rings. The van der Waals surface area contributed by atoms with Crippen LogP contribution in [0.4, 0.5) is 0 Å². The molecule has 2 atom stereocenters. The van der Waals surface area contributed by atoms with Gasteiger partial charge >= 0.3 is 5.97 Å². The third kappa shape index (κ3) is 2.42. The van der Waals surface area contributed by atoms with Gasteiger partial charge in [0, 0.05) is 35.9 Å². The summed E-state index contributed by atoms with van der Waals surface area (Å²) in [7, 11) is 1.83. The molecule has 0 amide bonds. The Hall–Kier alpha value is -1.78. The first kappa shape index (κ1) is 15.1. The molecule has 2 heterocycles. The molecule has 22 heavy (non-hydrogen) atoms. The molecule has 0 unspecified atom stereocenters. The molecule has 6 heteroatoms. The third-order valence-corrected chi connectivity index (χ3v) is 4.64. The van der Waals surface area contributed by atoms with Crippen LogP contribution in [0.3, 0.4) is 0 Å². The number of cyclic esters (lactones) is 1. The minimum atomic E-state index is -0.426. The Morgan fingerprint density at radius 1 is 1.32 bits per heavy atom. The van der Waals surface area contributed by atoms with Crippen LogP contribution in [0.1, 0.15) is 18.6 Å². The standard InChI is InChI=1S/C16H14Cl2N2O2/c1-8-9(2)16(21)22-15(8)12-5-14(18)13(17)4-11(12)10-6-19-20(3)7-10/h4-8,15H,2H2,1,3H3/t8-,15-/m1/s1. The summed E-state index contributed by atoms with van der Waals surface area (Å²) in [5.41, 5.74) is 3.01. The number of rotatable bonds is 2. The molecule has 1 aliphatic heterocycles. The highest BCUT2D eigenvalue weighted by Gasteiger charge is 2.38. The first-order valence-corrected chi connectivity index (χ1v) is 7.52. The summed E-state index contributed by atoms with van der Waals surface area (Å²) in [5.74, 6) is -0.499. The van der Waals surface area contributed by atoms with Crippen molar-refractivity contribution in [3.05, 3.63) is 52.3 Å². The van der Waals surface area contributed by atoms with Gasteiger partial charge in [0.2, 0.25) is 0 Å². The van der Waals surface area contributed by atoms with Crippen LogP contribution >= 0.6 is 23.2 Å². The van der Waals surface area contributed by atoms with Gasteiger partial charge in [-0.25, -0.2) is 4.79 Å². The average Bonchev–Trinajstić information content (AvgIpc) is 3.01. The number of esters is 1. The lowest BCUT2D eigenvalue weighted by Gasteiger charge is -2.18. The van der Waals surface area contributed by atoms with Crippen LogP contribution in [0.15, 0.2) is 36.7 Å². The average molecular weight is 337 g/mol. The third-order valence-electron chi connectivity index (χ3n) is 3.91. The van der Waals surface area contributed by atoms with E-state index >= 15 is 0 Å². The molecule has 3 rings (SSSR count). The van der Waals surface area contributed by atoms with Crippen LogP contribution in [0.2, 0.25) is 10.0 Å². The van der Waals surface area contributed by atoms with Crippen LogP contribution in [-0.2, 0) is 16.6 Å². The Bertz CT molecular complexity index is 782. The van der Waals surface area contributed by atoms with Gasteiger partial charge in [0.05, 0.1) is 16.2 Å². The fourth-order valence-electron chi connectivity index (χ4n) is 2.60. The normalized spacial score (nSPS) is 21.3. The number of halogens is 2. The second-order valence-electron chi connectivity index (χ2n) is 5.40. The molecule has 0 bridgehead atoms. The number of aryl methyl sites for hydroxylation is 1. The van der Waals surface area contributed by atoms with Crippen molar-refractivity contribution < 1.29 is 9.53 Å². The number of hydrogen-bond donors (Lipinski definition) is 0. The molecule has 0 spiro atoms. The fraction of sp³-hybridized carbons (Fsp3) is 0.250. The summed E-state index contributed by atoms with van der Waals surface area (Å²) < 4.78 is 7.17. The molecule has 4 nitrogen and oxygen atoms in total. The predicted octanol–water partition coefficient (Wildman–Crippen LogP) is 4.18. The van der Waals surface area contributed by atoms with Crippen molar-refractivity contribution >= 4 is 29.2 Å². The summed E-state index contributed by atoms with van der Waals surface area (Å²) >= 11 is 12.3. The van der Waals surface area contributed by atoms with Gasteiger partial charge in [0.1, 0.15) is 6.10 Å². The molecular weight excluding hydrogens is 323 g/mol. The van der Waals surface area contributed by atoms with Gasteiger partial charge in [-0.05, 0) is 17.7 Å². The molecule has 0 N–H and O–H groups in total. The van der Waals surface area contributed by atoms with Crippen molar-refractivity contribution in [1.82, 2.24) is 9.78 Å². The van der Waals surface area contributed by atoms with E-state index in [0.717, 1.165) is 16.7 Å². The molecule has 1 aromatic heterocycles. The number of benzene rings is 1. The molecule has 1 aromatic carbocycles. The maximum Gasteiger partial charge on any atom is 0.334 e. The lowest BCUT2D eigenvalue weighted by Crippen LogP contribution is -2.06. The van der Waals surface area contributed by atoms with Crippen molar-refractivity contribution in [2.24, 2.45) is 13.0 Å². The predicted molar refractivity (Wildman–Crippen MR) is 85.8 cm³/mol. The second kappa shape index (κ2) is 5.45. The first-order chi connectivity index (χ1) is 10.4. The van der Waals surface area contributed by atoms with Crippen molar-refractivity contribution in [1.29, 1.82) is 0 Å². The van der Waals surface area contributed by atoms with E-state index in [0.29, 0.717) is 15.6 Å². The summed E-state index contributed by atoms with van der Waals surface area (Å²) in [4.78, 5) is 11.8.